The van der Waals surface area contributed by atoms with Gasteiger partial charge in [0.1, 0.15) is 35.6 Å². The van der Waals surface area contributed by atoms with Crippen LogP contribution in [-0.2, 0) is 22.9 Å². The second-order valence-electron chi connectivity index (χ2n) is 8.54. The lowest BCUT2D eigenvalue weighted by atomic mass is 9.96. The summed E-state index contributed by atoms with van der Waals surface area (Å²) < 4.78 is 37.1. The largest absolute Gasteiger partial charge is 0.475 e. The molecule has 0 saturated carbocycles. The van der Waals surface area contributed by atoms with Crippen molar-refractivity contribution in [2.45, 2.75) is 43.5 Å². The summed E-state index contributed by atoms with van der Waals surface area (Å²) in [5.74, 6) is 0.270. The first kappa shape index (κ1) is 24.9. The zero-order valence-corrected chi connectivity index (χ0v) is 20.9. The Balaban J connectivity index is 1.31. The lowest BCUT2D eigenvalue weighted by Crippen LogP contribution is -2.44. The highest BCUT2D eigenvalue weighted by Crippen LogP contribution is 2.58. The number of phosphoric acid groups is 1. The first-order valence-corrected chi connectivity index (χ1v) is 13.0. The Hall–Kier alpha value is -1.79. The van der Waals surface area contributed by atoms with Gasteiger partial charge in [0.05, 0.1) is 24.7 Å². The number of ether oxygens (including phenoxy) is 1. The van der Waals surface area contributed by atoms with Crippen LogP contribution in [0.3, 0.4) is 0 Å². The van der Waals surface area contributed by atoms with E-state index in [1.165, 1.54) is 13.3 Å². The Labute approximate surface area is 210 Å². The normalized spacial score (nSPS) is 33.4. The van der Waals surface area contributed by atoms with Crippen LogP contribution < -0.4 is 5.73 Å². The number of fused-ring (bicyclic) bond motifs is 1. The Morgan fingerprint density at radius 2 is 2.14 bits per heavy atom. The molecule has 0 amide bonds. The fourth-order valence-corrected chi connectivity index (χ4v) is 6.19. The summed E-state index contributed by atoms with van der Waals surface area (Å²) in [6, 6.07) is 6.60. The van der Waals surface area contributed by atoms with Gasteiger partial charge in [-0.15, -0.1) is 0 Å². The molecule has 5 rings (SSSR count). The molecule has 1 aromatic carbocycles. The lowest BCUT2D eigenvalue weighted by Gasteiger charge is -2.30. The van der Waals surface area contributed by atoms with Crippen LogP contribution in [0.15, 0.2) is 36.8 Å². The summed E-state index contributed by atoms with van der Waals surface area (Å²) in [4.78, 5) is 8.15. The molecule has 0 unspecified atom stereocenters. The highest BCUT2D eigenvalue weighted by atomic mass is 35.5. The van der Waals surface area contributed by atoms with E-state index in [1.54, 1.807) is 35.0 Å². The van der Waals surface area contributed by atoms with Crippen LogP contribution in [-0.4, -0.2) is 55.8 Å². The van der Waals surface area contributed by atoms with Crippen molar-refractivity contribution in [2.75, 3.05) is 18.9 Å². The number of aromatic nitrogens is 3. The fraction of sp³-hybridized carbons (Fsp3) is 0.429. The van der Waals surface area contributed by atoms with Crippen molar-refractivity contribution in [2.24, 2.45) is 0 Å². The van der Waals surface area contributed by atoms with Crippen molar-refractivity contribution in [3.05, 3.63) is 52.4 Å². The van der Waals surface area contributed by atoms with E-state index in [-0.39, 0.29) is 19.0 Å². The number of benzene rings is 1. The third-order valence-corrected chi connectivity index (χ3v) is 8.18. The molecule has 2 aliphatic rings. The van der Waals surface area contributed by atoms with Crippen LogP contribution in [0.1, 0.15) is 31.2 Å². The predicted octanol–water partition coefficient (Wildman–Crippen LogP) is 3.63. The van der Waals surface area contributed by atoms with Gasteiger partial charge in [-0.1, -0.05) is 29.3 Å². The molecule has 0 radical (unpaired) electrons. The molecule has 0 bridgehead atoms. The molecule has 2 fully saturated rings. The topological polar surface area (TPSA) is 151 Å². The highest BCUT2D eigenvalue weighted by molar-refractivity contribution is 7.48. The number of aliphatic hydroxyl groups is 2. The summed E-state index contributed by atoms with van der Waals surface area (Å²) in [5.41, 5.74) is 5.18. The van der Waals surface area contributed by atoms with E-state index in [0.29, 0.717) is 33.1 Å². The van der Waals surface area contributed by atoms with Crippen LogP contribution in [0.4, 0.5) is 5.82 Å². The Morgan fingerprint density at radius 3 is 2.91 bits per heavy atom. The van der Waals surface area contributed by atoms with Gasteiger partial charge in [0.25, 0.3) is 0 Å². The van der Waals surface area contributed by atoms with Crippen LogP contribution in [0, 0.1) is 0 Å². The number of hydrogen-bond acceptors (Lipinski definition) is 10. The maximum atomic E-state index is 13.2. The van der Waals surface area contributed by atoms with Crippen LogP contribution >= 0.6 is 31.0 Å². The average molecular weight is 545 g/mol. The monoisotopic (exact) mass is 544 g/mol. The van der Waals surface area contributed by atoms with Crippen LogP contribution in [0.2, 0.25) is 10.0 Å². The minimum Gasteiger partial charge on any atom is -0.387 e. The van der Waals surface area contributed by atoms with Gasteiger partial charge in [-0.05, 0) is 25.1 Å². The van der Waals surface area contributed by atoms with Crippen LogP contribution in [0.5, 0.6) is 0 Å². The zero-order chi connectivity index (χ0) is 25.0. The van der Waals surface area contributed by atoms with Crippen molar-refractivity contribution in [1.29, 1.82) is 0 Å². The van der Waals surface area contributed by atoms with E-state index >= 15 is 0 Å². The Bertz CT molecular complexity index is 1310. The van der Waals surface area contributed by atoms with Crippen LogP contribution in [0.25, 0.3) is 11.0 Å². The van der Waals surface area contributed by atoms with Gasteiger partial charge in [0.2, 0.25) is 0 Å². The number of anilines is 1. The van der Waals surface area contributed by atoms with Gasteiger partial charge in [0.15, 0.2) is 6.23 Å². The summed E-state index contributed by atoms with van der Waals surface area (Å²) in [6.45, 7) is 1.15. The predicted molar refractivity (Wildman–Crippen MR) is 127 cm³/mol. The first-order chi connectivity index (χ1) is 16.6. The van der Waals surface area contributed by atoms with E-state index in [4.69, 9.17) is 47.2 Å². The summed E-state index contributed by atoms with van der Waals surface area (Å²) >= 11 is 12.2. The van der Waals surface area contributed by atoms with Gasteiger partial charge in [-0.3, -0.25) is 13.6 Å². The fourth-order valence-electron chi connectivity index (χ4n) is 4.28. The second-order valence-corrected chi connectivity index (χ2v) is 11.0. The molecule has 2 saturated heterocycles. The highest BCUT2D eigenvalue weighted by Gasteiger charge is 2.54. The molecule has 188 valence electrons. The molecule has 0 aliphatic carbocycles. The number of hydrogen-bond donors (Lipinski definition) is 3. The molecule has 14 heteroatoms. The minimum absolute atomic E-state index is 0.103. The zero-order valence-electron chi connectivity index (χ0n) is 18.5. The number of halogens is 2. The molecule has 2 aliphatic heterocycles. The minimum atomic E-state index is -4.02. The van der Waals surface area contributed by atoms with E-state index in [9.17, 15) is 14.8 Å². The molecule has 2 aromatic heterocycles. The van der Waals surface area contributed by atoms with Crippen molar-refractivity contribution >= 4 is 47.9 Å². The quantitative estimate of drug-likeness (QED) is 0.406. The van der Waals surface area contributed by atoms with E-state index < -0.39 is 38.0 Å². The van der Waals surface area contributed by atoms with Gasteiger partial charge in [0, 0.05) is 28.2 Å². The molecule has 35 heavy (non-hydrogen) atoms. The van der Waals surface area contributed by atoms with E-state index in [1.807, 2.05) is 0 Å². The summed E-state index contributed by atoms with van der Waals surface area (Å²) in [6.07, 6.45) is -0.790. The second kappa shape index (κ2) is 9.26. The molecule has 11 nitrogen and oxygen atoms in total. The summed E-state index contributed by atoms with van der Waals surface area (Å²) in [7, 11) is -4.02. The number of phosphoric ester groups is 1. The third-order valence-electron chi connectivity index (χ3n) is 6.14. The Kier molecular flexibility index (Phi) is 6.58. The molecular formula is C21H23Cl2N4O7P. The first-order valence-electron chi connectivity index (χ1n) is 10.7. The molecule has 0 spiro atoms. The smallest absolute Gasteiger partial charge is 0.387 e. The molecular weight excluding hydrogens is 522 g/mol. The average Bonchev–Trinajstić information content (AvgIpc) is 3.32. The van der Waals surface area contributed by atoms with Gasteiger partial charge < -0.3 is 25.3 Å². The maximum absolute atomic E-state index is 13.2. The van der Waals surface area contributed by atoms with Crippen molar-refractivity contribution in [3.8, 4) is 0 Å². The number of nitrogens with two attached hydrogens (primary N) is 1. The van der Waals surface area contributed by atoms with Gasteiger partial charge >= 0.3 is 7.82 Å². The van der Waals surface area contributed by atoms with Gasteiger partial charge in [-0.25, -0.2) is 14.5 Å². The molecule has 6 atom stereocenters. The van der Waals surface area contributed by atoms with E-state index in [0.717, 1.165) is 0 Å². The molecule has 4 heterocycles. The molecule has 4 N–H and O–H groups in total. The number of aliphatic hydroxyl groups excluding tert-OH is 1. The summed E-state index contributed by atoms with van der Waals surface area (Å²) in [5, 5.41) is 23.2. The van der Waals surface area contributed by atoms with Crippen molar-refractivity contribution in [3.63, 3.8) is 0 Å². The van der Waals surface area contributed by atoms with Crippen molar-refractivity contribution < 1.29 is 33.1 Å². The SMILES string of the molecule is C[C@@]1(O)[C@H](O)[C@@H](CO[P@@]2(=O)OCC[C@H](c3ccc(Cl)cc3Cl)O2)O[C@H]1n1ccc2c(N)ncnc21. The van der Waals surface area contributed by atoms with Gasteiger partial charge in [-0.2, -0.15) is 0 Å². The van der Waals surface area contributed by atoms with Crippen molar-refractivity contribution in [1.82, 2.24) is 14.5 Å². The number of nitrogens with zero attached hydrogens (tertiary/aromatic N) is 3. The number of nitrogen functional groups attached to an aromatic ring is 1. The third kappa shape index (κ3) is 4.57. The maximum Gasteiger partial charge on any atom is 0.475 e. The van der Waals surface area contributed by atoms with E-state index in [2.05, 4.69) is 9.97 Å². The lowest BCUT2D eigenvalue weighted by molar-refractivity contribution is -0.0950. The molecule has 3 aromatic rings. The Morgan fingerprint density at radius 1 is 1.34 bits per heavy atom. The number of rotatable bonds is 5. The standard InChI is InChI=1S/C21H23Cl2N4O7P/c1-21(29)17(28)16(33-20(21)27-6-4-13-18(24)25-10-26-19(13)27)9-32-35(30)31-7-5-15(34-35)12-3-2-11(22)8-14(12)23/h2-4,6,8,10,15-17,20,28-29H,5,7,9H2,1H3,(H2,24,25,26)/t15-,16-,17-,20-,21-,35-/m1/s1.